The smallest absolute Gasteiger partial charge is 0.364 e. The van der Waals surface area contributed by atoms with Gasteiger partial charge in [-0.2, -0.15) is 0 Å². The summed E-state index contributed by atoms with van der Waals surface area (Å²) in [7, 11) is 0. The molecule has 0 radical (unpaired) electrons. The minimum Gasteiger partial charge on any atom is -0.477 e. The van der Waals surface area contributed by atoms with E-state index >= 15 is 0 Å². The second kappa shape index (κ2) is 30.6. The Kier molecular flexibility index (Phi) is 25.8. The highest BCUT2D eigenvalue weighted by molar-refractivity contribution is 6.30. The summed E-state index contributed by atoms with van der Waals surface area (Å²) in [6.07, 6.45) is -5.88. The molecular weight excluding hydrogens is 902 g/mol. The second-order valence-electron chi connectivity index (χ2n) is 14.6. The van der Waals surface area contributed by atoms with Crippen molar-refractivity contribution in [2.24, 2.45) is 0 Å². The SMILES string of the molecule is O=C(CCOCCO[C@]1(C(=O)O)C[C@H](O)[C@@H](NC(=O)CO)[C@H]([C@H](O)[C@H](O)CNC(=O)Cc2ccc(Cl)cc2)O1)NCCOCCOCCOCCOCCNC(=O)CCN1C(=O)C=CC1=O. The molecule has 2 aliphatic heterocycles. The molecule has 1 saturated heterocycles. The maximum Gasteiger partial charge on any atom is 0.364 e. The average molecular weight is 962 g/mol. The molecule has 2 heterocycles. The van der Waals surface area contributed by atoms with Crippen LogP contribution in [0.4, 0.5) is 0 Å². The third-order valence-corrected chi connectivity index (χ3v) is 9.89. The lowest BCUT2D eigenvalue weighted by Crippen LogP contribution is -2.68. The summed E-state index contributed by atoms with van der Waals surface area (Å²) in [5, 5.41) is 62.6. The highest BCUT2D eigenvalue weighted by Gasteiger charge is 2.56. The van der Waals surface area contributed by atoms with Gasteiger partial charge in [0.1, 0.15) is 18.8 Å². The standard InChI is InChI=1S/C41H60ClN5O19/c42-28-3-1-27(2-4-28)23-33(53)45-25-30(50)38(57)39-37(46-34(54)26-48)29(49)24-41(66-39,40(58)59)65-22-21-60-12-8-32(52)44-10-14-62-16-18-64-20-19-63-17-15-61-13-9-43-31(51)7-11-47-35(55)5-6-36(47)56/h1-6,29-30,37-39,48-50,57H,7-26H2,(H,43,51)(H,44,52)(H,45,53)(H,46,54)(H,58,59)/t29-,30+,37+,38+,39+,41+/m0/s1. The van der Waals surface area contributed by atoms with Crippen LogP contribution in [0.25, 0.3) is 0 Å². The van der Waals surface area contributed by atoms with Crippen molar-refractivity contribution in [2.75, 3.05) is 105 Å². The predicted octanol–water partition coefficient (Wildman–Crippen LogP) is -3.83. The average Bonchev–Trinajstić information content (AvgIpc) is 3.62. The molecule has 24 nitrogen and oxygen atoms in total. The van der Waals surface area contributed by atoms with Gasteiger partial charge in [-0.1, -0.05) is 23.7 Å². The van der Waals surface area contributed by atoms with Crippen molar-refractivity contribution in [2.45, 2.75) is 61.9 Å². The number of rotatable bonds is 34. The molecule has 1 aromatic carbocycles. The van der Waals surface area contributed by atoms with Crippen LogP contribution in [-0.2, 0) is 73.1 Å². The number of ether oxygens (including phenoxy) is 7. The van der Waals surface area contributed by atoms with Crippen molar-refractivity contribution >= 4 is 53.0 Å². The van der Waals surface area contributed by atoms with E-state index in [2.05, 4.69) is 21.3 Å². The number of halogens is 1. The summed E-state index contributed by atoms with van der Waals surface area (Å²) in [6, 6.07) is 4.92. The number of nitrogens with zero attached hydrogens (tertiary/aromatic N) is 1. The van der Waals surface area contributed by atoms with Gasteiger partial charge in [0.15, 0.2) is 0 Å². The van der Waals surface area contributed by atoms with E-state index in [0.29, 0.717) is 43.6 Å². The Morgan fingerprint density at radius 3 is 1.83 bits per heavy atom. The van der Waals surface area contributed by atoms with Gasteiger partial charge in [-0.05, 0) is 17.7 Å². The predicted molar refractivity (Wildman–Crippen MR) is 226 cm³/mol. The number of carboxylic acids is 1. The fourth-order valence-corrected chi connectivity index (χ4v) is 6.34. The lowest BCUT2D eigenvalue weighted by atomic mass is 9.88. The molecule has 0 saturated carbocycles. The molecule has 0 spiro atoms. The zero-order valence-corrected chi connectivity index (χ0v) is 37.0. The third-order valence-electron chi connectivity index (χ3n) is 9.64. The van der Waals surface area contributed by atoms with Gasteiger partial charge < -0.3 is 80.0 Å². The Labute approximate surface area is 385 Å². The van der Waals surface area contributed by atoms with Crippen LogP contribution in [0.2, 0.25) is 5.02 Å². The summed E-state index contributed by atoms with van der Waals surface area (Å²) in [6.45, 7) is 0.554. The zero-order valence-electron chi connectivity index (χ0n) is 36.3. The fourth-order valence-electron chi connectivity index (χ4n) is 6.22. The Hall–Kier alpha value is -4.70. The number of aliphatic carboxylic acids is 1. The van der Waals surface area contributed by atoms with Crippen molar-refractivity contribution < 1.29 is 92.3 Å². The first-order valence-corrected chi connectivity index (χ1v) is 21.5. The number of carbonyl (C=O) groups excluding carboxylic acids is 6. The molecule has 9 N–H and O–H groups in total. The molecule has 1 aromatic rings. The monoisotopic (exact) mass is 961 g/mol. The molecule has 3 rings (SSSR count). The number of aliphatic hydroxyl groups excluding tert-OH is 4. The number of hydrogen-bond donors (Lipinski definition) is 9. The van der Waals surface area contributed by atoms with Crippen LogP contribution >= 0.6 is 11.6 Å². The van der Waals surface area contributed by atoms with E-state index in [9.17, 15) is 59.1 Å². The van der Waals surface area contributed by atoms with Gasteiger partial charge in [-0.15, -0.1) is 0 Å². The van der Waals surface area contributed by atoms with Crippen LogP contribution in [0.3, 0.4) is 0 Å². The van der Waals surface area contributed by atoms with Crippen molar-refractivity contribution in [3.63, 3.8) is 0 Å². The Morgan fingerprint density at radius 2 is 1.27 bits per heavy atom. The highest BCUT2D eigenvalue weighted by atomic mass is 35.5. The van der Waals surface area contributed by atoms with Crippen LogP contribution in [0.15, 0.2) is 36.4 Å². The van der Waals surface area contributed by atoms with Gasteiger partial charge >= 0.3 is 5.97 Å². The van der Waals surface area contributed by atoms with E-state index in [-0.39, 0.29) is 83.7 Å². The lowest BCUT2D eigenvalue weighted by molar-refractivity contribution is -0.312. The van der Waals surface area contributed by atoms with Crippen LogP contribution in [0, 0.1) is 0 Å². The minimum atomic E-state index is -2.59. The van der Waals surface area contributed by atoms with E-state index in [1.165, 1.54) is 0 Å². The number of carboxylic acid groups (broad SMARTS) is 1. The van der Waals surface area contributed by atoms with Gasteiger partial charge in [0.25, 0.3) is 17.6 Å². The van der Waals surface area contributed by atoms with Crippen LogP contribution in [0.1, 0.15) is 24.8 Å². The topological polar surface area (TPSA) is 337 Å². The van der Waals surface area contributed by atoms with Crippen molar-refractivity contribution in [3.8, 4) is 0 Å². The normalized spacial score (nSPS) is 20.2. The first-order chi connectivity index (χ1) is 31.6. The van der Waals surface area contributed by atoms with Crippen LogP contribution in [-0.4, -0.2) is 214 Å². The number of amides is 6. The summed E-state index contributed by atoms with van der Waals surface area (Å²) >= 11 is 5.87. The number of aliphatic hydroxyl groups is 4. The molecule has 25 heteroatoms. The quantitative estimate of drug-likeness (QED) is 0.0236. The third kappa shape index (κ3) is 20.4. The molecule has 66 heavy (non-hydrogen) atoms. The molecular formula is C41H60ClN5O19. The number of imide groups is 1. The van der Waals surface area contributed by atoms with Crippen LogP contribution in [0.5, 0.6) is 0 Å². The first-order valence-electron chi connectivity index (χ1n) is 21.1. The maximum absolute atomic E-state index is 12.5. The molecule has 370 valence electrons. The van der Waals surface area contributed by atoms with E-state index in [0.717, 1.165) is 17.1 Å². The van der Waals surface area contributed by atoms with Crippen molar-refractivity contribution in [1.82, 2.24) is 26.2 Å². The number of nitrogens with one attached hydrogen (secondary N) is 4. The van der Waals surface area contributed by atoms with E-state index in [4.69, 9.17) is 44.8 Å². The molecule has 0 aromatic heterocycles. The van der Waals surface area contributed by atoms with Gasteiger partial charge in [0, 0.05) is 62.6 Å². The summed E-state index contributed by atoms with van der Waals surface area (Å²) in [4.78, 5) is 85.0. The van der Waals surface area contributed by atoms with Crippen molar-refractivity contribution in [1.29, 1.82) is 0 Å². The van der Waals surface area contributed by atoms with Gasteiger partial charge in [-0.25, -0.2) is 4.79 Å². The van der Waals surface area contributed by atoms with E-state index in [1.807, 2.05) is 0 Å². The van der Waals surface area contributed by atoms with E-state index < -0.39 is 92.0 Å². The Morgan fingerprint density at radius 1 is 0.742 bits per heavy atom. The van der Waals surface area contributed by atoms with Gasteiger partial charge in [0.05, 0.1) is 97.3 Å². The van der Waals surface area contributed by atoms with Gasteiger partial charge in [-0.3, -0.25) is 33.7 Å². The number of benzene rings is 1. The molecule has 2 aliphatic rings. The summed E-state index contributed by atoms with van der Waals surface area (Å²) in [5.74, 6) is -7.34. The largest absolute Gasteiger partial charge is 0.477 e. The maximum atomic E-state index is 12.5. The van der Waals surface area contributed by atoms with Crippen molar-refractivity contribution in [3.05, 3.63) is 47.0 Å². The first kappa shape index (κ1) is 55.6. The molecule has 6 amide bonds. The number of hydrogen-bond acceptors (Lipinski definition) is 18. The molecule has 0 aliphatic carbocycles. The second-order valence-corrected chi connectivity index (χ2v) is 15.0. The zero-order chi connectivity index (χ0) is 48.3. The molecule has 0 bridgehead atoms. The summed E-state index contributed by atoms with van der Waals surface area (Å²) < 4.78 is 38.2. The fraction of sp³-hybridized carbons (Fsp3) is 0.634. The molecule has 1 fully saturated rings. The highest BCUT2D eigenvalue weighted by Crippen LogP contribution is 2.33. The van der Waals surface area contributed by atoms with Crippen LogP contribution < -0.4 is 21.3 Å². The Bertz CT molecular complexity index is 1720. The lowest BCUT2D eigenvalue weighted by Gasteiger charge is -2.46. The minimum absolute atomic E-state index is 0.00254. The molecule has 0 unspecified atom stereocenters. The molecule has 6 atom stereocenters. The van der Waals surface area contributed by atoms with E-state index in [1.54, 1.807) is 24.3 Å². The Balaban J connectivity index is 1.22. The number of carbonyl (C=O) groups is 7. The van der Waals surface area contributed by atoms with Gasteiger partial charge in [0.2, 0.25) is 23.6 Å². The summed E-state index contributed by atoms with van der Waals surface area (Å²) in [5.41, 5.74) is 0.612.